The number of anilines is 3. The summed E-state index contributed by atoms with van der Waals surface area (Å²) in [7, 11) is 0. The van der Waals surface area contributed by atoms with Gasteiger partial charge in [0.15, 0.2) is 12.2 Å². The fourth-order valence-corrected chi connectivity index (χ4v) is 2.25. The minimum Gasteiger partial charge on any atom is -0.456 e. The average molecular weight is 339 g/mol. The summed E-state index contributed by atoms with van der Waals surface area (Å²) < 4.78 is 10.3. The van der Waals surface area contributed by atoms with E-state index < -0.39 is 11.9 Å². The molecule has 1 amide bonds. The van der Waals surface area contributed by atoms with Gasteiger partial charge in [0, 0.05) is 18.3 Å². The maximum atomic E-state index is 11.7. The third-order valence-corrected chi connectivity index (χ3v) is 3.35. The third kappa shape index (κ3) is 4.35. The lowest BCUT2D eigenvalue weighted by Gasteiger charge is -2.07. The van der Waals surface area contributed by atoms with E-state index in [0.717, 1.165) is 11.1 Å². The minimum atomic E-state index is -0.503. The van der Waals surface area contributed by atoms with Crippen LogP contribution in [0.5, 0.6) is 0 Å². The fraction of sp³-hybridized carbons (Fsp3) is 0.167. The van der Waals surface area contributed by atoms with Gasteiger partial charge in [0.25, 0.3) is 11.9 Å². The van der Waals surface area contributed by atoms with E-state index in [4.69, 9.17) is 4.42 Å². The van der Waals surface area contributed by atoms with Gasteiger partial charge in [-0.15, -0.1) is 0 Å². The van der Waals surface area contributed by atoms with Gasteiger partial charge in [-0.3, -0.25) is 9.59 Å². The molecule has 25 heavy (non-hydrogen) atoms. The molecule has 7 nitrogen and oxygen atoms in total. The van der Waals surface area contributed by atoms with Crippen LogP contribution < -0.4 is 10.6 Å². The van der Waals surface area contributed by atoms with Crippen molar-refractivity contribution in [3.8, 4) is 0 Å². The smallest absolute Gasteiger partial charge is 0.303 e. The van der Waals surface area contributed by atoms with E-state index in [1.165, 1.54) is 6.92 Å². The third-order valence-electron chi connectivity index (χ3n) is 3.35. The molecule has 0 spiro atoms. The Hall–Kier alpha value is -3.35. The monoisotopic (exact) mass is 339 g/mol. The summed E-state index contributed by atoms with van der Waals surface area (Å²) in [5.41, 5.74) is 3.83. The van der Waals surface area contributed by atoms with E-state index in [0.29, 0.717) is 23.0 Å². The number of aryl methyl sites for hydroxylation is 1. The summed E-state index contributed by atoms with van der Waals surface area (Å²) in [6.45, 7) is 2.92. The first-order chi connectivity index (χ1) is 12.0. The van der Waals surface area contributed by atoms with Crippen molar-refractivity contribution in [1.29, 1.82) is 0 Å². The van der Waals surface area contributed by atoms with Gasteiger partial charge in [-0.1, -0.05) is 12.1 Å². The highest BCUT2D eigenvalue weighted by molar-refractivity contribution is 5.93. The van der Waals surface area contributed by atoms with Crippen molar-refractivity contribution in [1.82, 2.24) is 4.98 Å². The van der Waals surface area contributed by atoms with Crippen molar-refractivity contribution >= 4 is 40.4 Å². The number of esters is 1. The van der Waals surface area contributed by atoms with Gasteiger partial charge in [-0.05, 0) is 42.8 Å². The normalized spacial score (nSPS) is 10.5. The molecule has 0 saturated heterocycles. The average Bonchev–Trinajstić information content (AvgIpc) is 2.94. The highest BCUT2D eigenvalue weighted by Gasteiger charge is 2.08. The quantitative estimate of drug-likeness (QED) is 0.692. The molecule has 2 aromatic carbocycles. The SMILES string of the molecule is CC(=O)OCC(=O)Nc1cccc(Nc2nc3cc(C)ccc3o2)c1. The van der Waals surface area contributed by atoms with Crippen molar-refractivity contribution in [3.63, 3.8) is 0 Å². The van der Waals surface area contributed by atoms with Gasteiger partial charge in [-0.25, -0.2) is 0 Å². The number of hydrogen-bond donors (Lipinski definition) is 2. The van der Waals surface area contributed by atoms with E-state index in [-0.39, 0.29) is 6.61 Å². The van der Waals surface area contributed by atoms with Crippen LogP contribution in [0.15, 0.2) is 46.9 Å². The summed E-state index contributed by atoms with van der Waals surface area (Å²) in [5.74, 6) is -0.915. The number of rotatable bonds is 5. The number of nitrogens with zero attached hydrogens (tertiary/aromatic N) is 1. The molecule has 0 aliphatic carbocycles. The van der Waals surface area contributed by atoms with Gasteiger partial charge >= 0.3 is 5.97 Å². The van der Waals surface area contributed by atoms with Crippen molar-refractivity contribution < 1.29 is 18.7 Å². The summed E-state index contributed by atoms with van der Waals surface area (Å²) in [5, 5.41) is 5.71. The molecule has 3 aromatic rings. The number of nitrogens with one attached hydrogen (secondary N) is 2. The Morgan fingerprint density at radius 1 is 1.16 bits per heavy atom. The zero-order valence-electron chi connectivity index (χ0n) is 13.8. The number of oxazole rings is 1. The first kappa shape index (κ1) is 16.5. The second-order valence-corrected chi connectivity index (χ2v) is 5.52. The molecule has 1 heterocycles. The first-order valence-corrected chi connectivity index (χ1v) is 7.67. The zero-order valence-corrected chi connectivity index (χ0v) is 13.8. The number of carbonyl (C=O) groups excluding carboxylic acids is 2. The number of carbonyl (C=O) groups is 2. The van der Waals surface area contributed by atoms with Gasteiger partial charge in [0.2, 0.25) is 0 Å². The van der Waals surface area contributed by atoms with Crippen LogP contribution in [0, 0.1) is 6.92 Å². The van der Waals surface area contributed by atoms with Crippen molar-refractivity contribution in [2.24, 2.45) is 0 Å². The Morgan fingerprint density at radius 2 is 1.96 bits per heavy atom. The number of hydrogen-bond acceptors (Lipinski definition) is 6. The highest BCUT2D eigenvalue weighted by atomic mass is 16.5. The Balaban J connectivity index is 1.70. The molecule has 128 valence electrons. The van der Waals surface area contributed by atoms with Gasteiger partial charge in [-0.2, -0.15) is 4.98 Å². The van der Waals surface area contributed by atoms with Crippen LogP contribution in [0.4, 0.5) is 17.4 Å². The Labute approximate surface area is 144 Å². The lowest BCUT2D eigenvalue weighted by molar-refractivity contribution is -0.144. The summed E-state index contributed by atoms with van der Waals surface area (Å²) >= 11 is 0. The molecule has 2 N–H and O–H groups in total. The second-order valence-electron chi connectivity index (χ2n) is 5.52. The predicted octanol–water partition coefficient (Wildman–Crippen LogP) is 3.38. The predicted molar refractivity (Wildman–Crippen MR) is 93.7 cm³/mol. The molecule has 3 rings (SSSR count). The maximum Gasteiger partial charge on any atom is 0.303 e. The molecule has 7 heteroatoms. The molecule has 1 aromatic heterocycles. The van der Waals surface area contributed by atoms with E-state index in [9.17, 15) is 9.59 Å². The van der Waals surface area contributed by atoms with Crippen molar-refractivity contribution in [2.75, 3.05) is 17.2 Å². The van der Waals surface area contributed by atoms with Crippen LogP contribution in [0.1, 0.15) is 12.5 Å². The van der Waals surface area contributed by atoms with Gasteiger partial charge < -0.3 is 19.8 Å². The summed E-state index contributed by atoms with van der Waals surface area (Å²) in [6, 6.07) is 13.2. The van der Waals surface area contributed by atoms with E-state index in [1.54, 1.807) is 18.2 Å². The molecule has 0 fully saturated rings. The van der Waals surface area contributed by atoms with Crippen molar-refractivity contribution in [2.45, 2.75) is 13.8 Å². The molecule has 0 aliphatic rings. The van der Waals surface area contributed by atoms with Crippen molar-refractivity contribution in [3.05, 3.63) is 48.0 Å². The number of amides is 1. The molecular formula is C18H17N3O4. The van der Waals surface area contributed by atoms with Crippen LogP contribution in [0.3, 0.4) is 0 Å². The maximum absolute atomic E-state index is 11.7. The highest BCUT2D eigenvalue weighted by Crippen LogP contribution is 2.24. The van der Waals surface area contributed by atoms with Crippen LogP contribution in [-0.2, 0) is 14.3 Å². The Bertz CT molecular complexity index is 933. The standard InChI is InChI=1S/C18H17N3O4/c1-11-6-7-16-15(8-11)21-18(25-16)20-14-5-3-4-13(9-14)19-17(23)10-24-12(2)22/h3-9H,10H2,1-2H3,(H,19,23)(H,20,21). The summed E-state index contributed by atoms with van der Waals surface area (Å²) in [6.07, 6.45) is 0. The Kier molecular flexibility index (Phi) is 4.65. The number of ether oxygens (including phenoxy) is 1. The first-order valence-electron chi connectivity index (χ1n) is 7.67. The molecular weight excluding hydrogens is 322 g/mol. The van der Waals surface area contributed by atoms with Gasteiger partial charge in [0.05, 0.1) is 0 Å². The number of fused-ring (bicyclic) bond motifs is 1. The Morgan fingerprint density at radius 3 is 2.76 bits per heavy atom. The van der Waals surface area contributed by atoms with Crippen LogP contribution in [0.25, 0.3) is 11.1 Å². The van der Waals surface area contributed by atoms with E-state index in [2.05, 4.69) is 20.4 Å². The topological polar surface area (TPSA) is 93.5 Å². The van der Waals surface area contributed by atoms with E-state index >= 15 is 0 Å². The minimum absolute atomic E-state index is 0.322. The zero-order chi connectivity index (χ0) is 17.8. The summed E-state index contributed by atoms with van der Waals surface area (Å²) in [4.78, 5) is 26.8. The number of aromatic nitrogens is 1. The molecule has 0 bridgehead atoms. The molecule has 0 saturated carbocycles. The van der Waals surface area contributed by atoms with Crippen LogP contribution >= 0.6 is 0 Å². The van der Waals surface area contributed by atoms with Crippen LogP contribution in [0.2, 0.25) is 0 Å². The molecule has 0 unspecified atom stereocenters. The largest absolute Gasteiger partial charge is 0.456 e. The fourth-order valence-electron chi connectivity index (χ4n) is 2.25. The molecule has 0 radical (unpaired) electrons. The van der Waals surface area contributed by atoms with Gasteiger partial charge in [0.1, 0.15) is 5.52 Å². The lowest BCUT2D eigenvalue weighted by atomic mass is 10.2. The molecule has 0 aliphatic heterocycles. The van der Waals surface area contributed by atoms with E-state index in [1.807, 2.05) is 31.2 Å². The molecule has 0 atom stereocenters. The second kappa shape index (κ2) is 7.04. The lowest BCUT2D eigenvalue weighted by Crippen LogP contribution is -2.19. The van der Waals surface area contributed by atoms with Crippen LogP contribution in [-0.4, -0.2) is 23.5 Å². The number of benzene rings is 2.